The van der Waals surface area contributed by atoms with Crippen LogP contribution in [0.1, 0.15) is 52.0 Å². The van der Waals surface area contributed by atoms with E-state index in [1.165, 1.54) is 22.3 Å². The molecule has 1 N–H and O–H groups in total. The molecule has 2 aliphatic rings. The number of amides is 2. The van der Waals surface area contributed by atoms with Crippen LogP contribution in [0.25, 0.3) is 21.8 Å². The van der Waals surface area contributed by atoms with E-state index in [4.69, 9.17) is 0 Å². The molecule has 3 aromatic carbocycles. The zero-order chi connectivity index (χ0) is 22.7. The lowest BCUT2D eigenvalue weighted by Crippen LogP contribution is -2.40. The summed E-state index contributed by atoms with van der Waals surface area (Å²) in [4.78, 5) is 42.9. The number of anilines is 1. The van der Waals surface area contributed by atoms with E-state index >= 15 is 0 Å². The van der Waals surface area contributed by atoms with Crippen LogP contribution >= 0.6 is 0 Å². The first-order valence-corrected chi connectivity index (χ1v) is 11.2. The molecule has 6 heteroatoms. The molecule has 4 aromatic rings. The highest BCUT2D eigenvalue weighted by atomic mass is 16.2. The van der Waals surface area contributed by atoms with Crippen LogP contribution in [-0.4, -0.2) is 21.4 Å². The third-order valence-corrected chi connectivity index (χ3v) is 6.82. The monoisotopic (exact) mass is 435 g/mol. The summed E-state index contributed by atoms with van der Waals surface area (Å²) in [6, 6.07) is 14.3. The van der Waals surface area contributed by atoms with Crippen molar-refractivity contribution in [3.63, 3.8) is 0 Å². The van der Waals surface area contributed by atoms with Crippen molar-refractivity contribution in [3.05, 3.63) is 75.7 Å². The Bertz CT molecular complexity index is 1580. The number of carbonyl (C=O) groups excluding carboxylic acids is 2. The highest BCUT2D eigenvalue weighted by Gasteiger charge is 2.34. The van der Waals surface area contributed by atoms with Crippen LogP contribution in [0.5, 0.6) is 0 Å². The number of aromatic amines is 1. The number of benzene rings is 3. The number of nitrogens with one attached hydrogen (secondary N) is 1. The lowest BCUT2D eigenvalue weighted by molar-refractivity contribution is 0.0893. The highest BCUT2D eigenvalue weighted by molar-refractivity contribution is 6.36. The molecule has 33 heavy (non-hydrogen) atoms. The molecule has 0 spiro atoms. The van der Waals surface area contributed by atoms with Gasteiger partial charge in [-0.2, -0.15) is 0 Å². The molecule has 1 aliphatic heterocycles. The fourth-order valence-corrected chi connectivity index (χ4v) is 5.04. The van der Waals surface area contributed by atoms with Crippen molar-refractivity contribution in [3.8, 4) is 11.8 Å². The largest absolute Gasteiger partial charge is 0.326 e. The molecular formula is C27H21N3O3. The second kappa shape index (κ2) is 7.21. The van der Waals surface area contributed by atoms with Crippen LogP contribution in [0.15, 0.2) is 53.3 Å². The predicted molar refractivity (Wildman–Crippen MR) is 127 cm³/mol. The molecule has 1 fully saturated rings. The Balaban J connectivity index is 1.49. The van der Waals surface area contributed by atoms with Crippen molar-refractivity contribution < 1.29 is 9.59 Å². The van der Waals surface area contributed by atoms with Crippen molar-refractivity contribution in [1.82, 2.24) is 9.55 Å². The maximum atomic E-state index is 13.5. The molecule has 0 atom stereocenters. The molecule has 0 radical (unpaired) electrons. The van der Waals surface area contributed by atoms with E-state index in [1.807, 2.05) is 18.2 Å². The molecule has 0 unspecified atom stereocenters. The van der Waals surface area contributed by atoms with Gasteiger partial charge < -0.3 is 4.98 Å². The first kappa shape index (κ1) is 19.6. The third-order valence-electron chi connectivity index (χ3n) is 6.82. The van der Waals surface area contributed by atoms with Crippen LogP contribution in [0.3, 0.4) is 0 Å². The number of hydrogen-bond donors (Lipinski definition) is 1. The number of imide groups is 1. The quantitative estimate of drug-likeness (QED) is 0.357. The fraction of sp³-hybridized carbons (Fsp3) is 0.222. The maximum absolute atomic E-state index is 13.5. The summed E-state index contributed by atoms with van der Waals surface area (Å²) >= 11 is 0. The number of rotatable bonds is 1. The minimum atomic E-state index is -0.376. The molecule has 6 rings (SSSR count). The Labute approximate surface area is 189 Å². The van der Waals surface area contributed by atoms with E-state index in [9.17, 15) is 14.4 Å². The second-order valence-electron chi connectivity index (χ2n) is 8.78. The van der Waals surface area contributed by atoms with Crippen molar-refractivity contribution in [2.45, 2.75) is 25.7 Å². The molecule has 0 bridgehead atoms. The predicted octanol–water partition coefficient (Wildman–Crippen LogP) is 4.36. The minimum absolute atomic E-state index is 0.250. The first-order chi connectivity index (χ1) is 16.0. The molecular weight excluding hydrogens is 414 g/mol. The van der Waals surface area contributed by atoms with E-state index in [0.29, 0.717) is 39.2 Å². The van der Waals surface area contributed by atoms with Crippen LogP contribution < -0.4 is 10.6 Å². The lowest BCUT2D eigenvalue weighted by atomic mass is 9.91. The second-order valence-corrected chi connectivity index (χ2v) is 8.78. The van der Waals surface area contributed by atoms with Gasteiger partial charge in [-0.1, -0.05) is 36.8 Å². The van der Waals surface area contributed by atoms with Gasteiger partial charge in [0.1, 0.15) is 0 Å². The van der Waals surface area contributed by atoms with Gasteiger partial charge in [0.15, 0.2) is 0 Å². The van der Waals surface area contributed by atoms with E-state index in [0.717, 1.165) is 23.8 Å². The summed E-state index contributed by atoms with van der Waals surface area (Å²) in [5, 5.41) is 1.50. The maximum Gasteiger partial charge on any atom is 0.326 e. The molecule has 162 valence electrons. The Kier molecular flexibility index (Phi) is 4.27. The van der Waals surface area contributed by atoms with Crippen LogP contribution in [0.4, 0.5) is 5.69 Å². The van der Waals surface area contributed by atoms with Crippen LogP contribution in [0.2, 0.25) is 0 Å². The fourth-order valence-electron chi connectivity index (χ4n) is 5.04. The SMILES string of the molecule is Cn1c(=O)[nH]c2ccc(N3C(=O)c4cccc5c(C#CC6CCCC6)ccc(c45)C3=O)cc21. The van der Waals surface area contributed by atoms with Crippen molar-refractivity contribution >= 4 is 39.3 Å². The summed E-state index contributed by atoms with van der Waals surface area (Å²) in [7, 11) is 1.65. The Morgan fingerprint density at radius 3 is 2.48 bits per heavy atom. The van der Waals surface area contributed by atoms with Crippen molar-refractivity contribution in [2.24, 2.45) is 13.0 Å². The van der Waals surface area contributed by atoms with Gasteiger partial charge in [-0.15, -0.1) is 0 Å². The summed E-state index contributed by atoms with van der Waals surface area (Å²) in [5.41, 5.74) is 3.26. The summed E-state index contributed by atoms with van der Waals surface area (Å²) in [6.07, 6.45) is 4.73. The zero-order valence-electron chi connectivity index (χ0n) is 18.1. The van der Waals surface area contributed by atoms with Gasteiger partial charge >= 0.3 is 5.69 Å². The molecule has 2 heterocycles. The number of imidazole rings is 1. The number of aryl methyl sites for hydroxylation is 1. The molecule has 1 saturated carbocycles. The average Bonchev–Trinajstić information content (AvgIpc) is 3.44. The van der Waals surface area contributed by atoms with Gasteiger partial charge in [0.05, 0.1) is 16.7 Å². The number of hydrogen-bond acceptors (Lipinski definition) is 3. The van der Waals surface area contributed by atoms with Crippen molar-refractivity contribution in [2.75, 3.05) is 4.90 Å². The topological polar surface area (TPSA) is 75.2 Å². The number of fused-ring (bicyclic) bond motifs is 1. The van der Waals surface area contributed by atoms with E-state index in [-0.39, 0.29) is 17.5 Å². The van der Waals surface area contributed by atoms with Gasteiger partial charge in [-0.05, 0) is 54.6 Å². The standard InChI is InChI=1S/C27H21N3O3/c1-29-23-15-18(12-14-22(23)28-27(29)33)30-25(31)20-8-4-7-19-17(10-9-16-5-2-3-6-16)11-13-21(24(19)20)26(30)32/h4,7-8,11-16H,2-3,5-6H2,1H3,(H,28,33). The zero-order valence-corrected chi connectivity index (χ0v) is 18.1. The molecule has 1 aliphatic carbocycles. The van der Waals surface area contributed by atoms with E-state index in [1.54, 1.807) is 37.4 Å². The Morgan fingerprint density at radius 1 is 0.939 bits per heavy atom. The van der Waals surface area contributed by atoms with Gasteiger partial charge in [-0.25, -0.2) is 9.69 Å². The molecule has 1 aromatic heterocycles. The highest BCUT2D eigenvalue weighted by Crippen LogP contribution is 2.35. The normalized spacial score (nSPS) is 16.0. The number of carbonyl (C=O) groups is 2. The number of aromatic nitrogens is 2. The summed E-state index contributed by atoms with van der Waals surface area (Å²) < 4.78 is 1.46. The van der Waals surface area contributed by atoms with Gasteiger partial charge in [-0.3, -0.25) is 14.2 Å². The van der Waals surface area contributed by atoms with Crippen molar-refractivity contribution in [1.29, 1.82) is 0 Å². The average molecular weight is 435 g/mol. The first-order valence-electron chi connectivity index (χ1n) is 11.2. The Hall–Kier alpha value is -4.11. The van der Waals surface area contributed by atoms with Crippen LogP contribution in [-0.2, 0) is 7.05 Å². The number of H-pyrrole nitrogens is 1. The minimum Gasteiger partial charge on any atom is -0.306 e. The van der Waals surface area contributed by atoms with Gasteiger partial charge in [0, 0.05) is 35.0 Å². The van der Waals surface area contributed by atoms with E-state index in [2.05, 4.69) is 16.8 Å². The molecule has 0 saturated heterocycles. The third kappa shape index (κ3) is 2.93. The number of nitrogens with zero attached hydrogens (tertiary/aromatic N) is 2. The summed E-state index contributed by atoms with van der Waals surface area (Å²) in [5.74, 6) is 6.37. The van der Waals surface area contributed by atoms with Crippen LogP contribution in [0, 0.1) is 17.8 Å². The molecule has 2 amide bonds. The van der Waals surface area contributed by atoms with E-state index < -0.39 is 0 Å². The molecule has 6 nitrogen and oxygen atoms in total. The smallest absolute Gasteiger partial charge is 0.306 e. The summed E-state index contributed by atoms with van der Waals surface area (Å²) in [6.45, 7) is 0. The van der Waals surface area contributed by atoms with Gasteiger partial charge in [0.25, 0.3) is 11.8 Å². The van der Waals surface area contributed by atoms with Gasteiger partial charge in [0.2, 0.25) is 0 Å². The lowest BCUT2D eigenvalue weighted by Gasteiger charge is -2.27. The Morgan fingerprint density at radius 2 is 1.70 bits per heavy atom.